The quantitative estimate of drug-likeness (QED) is 0.912. The first-order chi connectivity index (χ1) is 11.3. The van der Waals surface area contributed by atoms with Crippen LogP contribution >= 0.6 is 0 Å². The van der Waals surface area contributed by atoms with E-state index in [0.717, 1.165) is 25.2 Å². The normalized spacial score (nSPS) is 17.1. The maximum atomic E-state index is 12.6. The lowest BCUT2D eigenvalue weighted by molar-refractivity contribution is 0.0928. The van der Waals surface area contributed by atoms with Crippen LogP contribution in [0, 0.1) is 5.92 Å². The summed E-state index contributed by atoms with van der Waals surface area (Å²) in [7, 11) is 0. The van der Waals surface area contributed by atoms with Gasteiger partial charge >= 0.3 is 0 Å². The van der Waals surface area contributed by atoms with Crippen LogP contribution < -0.4 is 14.8 Å². The summed E-state index contributed by atoms with van der Waals surface area (Å²) in [5.74, 6) is 2.40. The van der Waals surface area contributed by atoms with Crippen LogP contribution in [0.4, 0.5) is 0 Å². The minimum Gasteiger partial charge on any atom is -0.454 e. The number of aryl methyl sites for hydroxylation is 1. The van der Waals surface area contributed by atoms with Crippen LogP contribution in [-0.2, 0) is 6.54 Å². The first-order valence-electron chi connectivity index (χ1n) is 7.84. The molecule has 1 unspecified atom stereocenters. The van der Waals surface area contributed by atoms with Gasteiger partial charge in [0.2, 0.25) is 6.79 Å². The highest BCUT2D eigenvalue weighted by molar-refractivity contribution is 5.95. The van der Waals surface area contributed by atoms with E-state index in [-0.39, 0.29) is 18.7 Å². The van der Waals surface area contributed by atoms with Crippen molar-refractivity contribution in [2.75, 3.05) is 6.79 Å². The first kappa shape index (κ1) is 14.0. The zero-order chi connectivity index (χ0) is 15.8. The van der Waals surface area contributed by atoms with E-state index in [1.54, 1.807) is 24.5 Å². The van der Waals surface area contributed by atoms with Gasteiger partial charge in [0, 0.05) is 12.1 Å². The summed E-state index contributed by atoms with van der Waals surface area (Å²) in [6, 6.07) is 5.12. The number of fused-ring (bicyclic) bond motifs is 1. The second kappa shape index (κ2) is 5.57. The number of ether oxygens (including phenoxy) is 2. The molecule has 120 valence electrons. The maximum absolute atomic E-state index is 12.6. The Bertz CT molecular complexity index is 739. The van der Waals surface area contributed by atoms with Gasteiger partial charge in [-0.25, -0.2) is 9.67 Å². The van der Waals surface area contributed by atoms with Crippen LogP contribution in [0.25, 0.3) is 0 Å². The van der Waals surface area contributed by atoms with E-state index in [9.17, 15) is 4.79 Å². The second-order valence-corrected chi connectivity index (χ2v) is 5.79. The molecule has 0 saturated heterocycles. The van der Waals surface area contributed by atoms with Crippen molar-refractivity contribution >= 4 is 5.91 Å². The van der Waals surface area contributed by atoms with Gasteiger partial charge in [0.1, 0.15) is 12.2 Å². The summed E-state index contributed by atoms with van der Waals surface area (Å²) in [5, 5.41) is 7.32. The summed E-state index contributed by atoms with van der Waals surface area (Å²) in [4.78, 5) is 17.0. The number of rotatable bonds is 5. The van der Waals surface area contributed by atoms with E-state index in [4.69, 9.17) is 9.47 Å². The molecule has 1 N–H and O–H groups in total. The molecule has 0 spiro atoms. The van der Waals surface area contributed by atoms with Gasteiger partial charge in [-0.05, 0) is 43.9 Å². The molecule has 7 nitrogen and oxygen atoms in total. The molecular formula is C16H18N4O3. The molecule has 7 heteroatoms. The molecule has 23 heavy (non-hydrogen) atoms. The zero-order valence-electron chi connectivity index (χ0n) is 12.9. The van der Waals surface area contributed by atoms with Crippen molar-refractivity contribution in [3.05, 3.63) is 35.9 Å². The number of nitrogens with one attached hydrogen (secondary N) is 1. The minimum absolute atomic E-state index is 0.102. The summed E-state index contributed by atoms with van der Waals surface area (Å²) in [6.45, 7) is 2.95. The van der Waals surface area contributed by atoms with E-state index < -0.39 is 0 Å². The monoisotopic (exact) mass is 314 g/mol. The number of hydrogen-bond donors (Lipinski definition) is 1. The largest absolute Gasteiger partial charge is 0.454 e. The Kier molecular flexibility index (Phi) is 3.40. The Morgan fingerprint density at radius 1 is 1.39 bits per heavy atom. The second-order valence-electron chi connectivity index (χ2n) is 5.79. The Hall–Kier alpha value is -2.57. The summed E-state index contributed by atoms with van der Waals surface area (Å²) in [6.07, 6.45) is 3.74. The molecule has 4 rings (SSSR count). The highest BCUT2D eigenvalue weighted by Gasteiger charge is 2.36. The number of benzene rings is 1. The SMILES string of the molecule is CCn1ncnc1C(NC(=O)c1ccc2c(c1)OCO2)C1CC1. The van der Waals surface area contributed by atoms with Crippen LogP contribution in [0.15, 0.2) is 24.5 Å². The third-order valence-electron chi connectivity index (χ3n) is 4.24. The van der Waals surface area contributed by atoms with Gasteiger partial charge < -0.3 is 14.8 Å². The molecule has 0 radical (unpaired) electrons. The van der Waals surface area contributed by atoms with E-state index in [1.807, 2.05) is 11.6 Å². The van der Waals surface area contributed by atoms with Gasteiger partial charge in [0.05, 0.1) is 6.04 Å². The van der Waals surface area contributed by atoms with E-state index in [1.165, 1.54) is 0 Å². The number of aromatic nitrogens is 3. The van der Waals surface area contributed by atoms with Crippen LogP contribution in [0.1, 0.15) is 42.0 Å². The molecule has 1 aliphatic carbocycles. The first-order valence-corrected chi connectivity index (χ1v) is 7.84. The van der Waals surface area contributed by atoms with Gasteiger partial charge in [-0.2, -0.15) is 5.10 Å². The molecular weight excluding hydrogens is 296 g/mol. The van der Waals surface area contributed by atoms with Gasteiger partial charge in [-0.3, -0.25) is 4.79 Å². The van der Waals surface area contributed by atoms with E-state index in [0.29, 0.717) is 23.0 Å². The van der Waals surface area contributed by atoms with Gasteiger partial charge in [-0.1, -0.05) is 0 Å². The molecule has 2 heterocycles. The number of carbonyl (C=O) groups excluding carboxylic acids is 1. The number of amides is 1. The Balaban J connectivity index is 1.56. The van der Waals surface area contributed by atoms with E-state index >= 15 is 0 Å². The number of hydrogen-bond acceptors (Lipinski definition) is 5. The van der Waals surface area contributed by atoms with Crippen molar-refractivity contribution in [1.82, 2.24) is 20.1 Å². The van der Waals surface area contributed by atoms with Crippen LogP contribution in [0.5, 0.6) is 11.5 Å². The molecule has 1 saturated carbocycles. The molecule has 1 aromatic heterocycles. The van der Waals surface area contributed by atoms with Crippen LogP contribution in [-0.4, -0.2) is 27.5 Å². The lowest BCUT2D eigenvalue weighted by Crippen LogP contribution is -2.32. The fraction of sp³-hybridized carbons (Fsp3) is 0.438. The molecule has 2 aliphatic rings. The van der Waals surface area contributed by atoms with Crippen molar-refractivity contribution in [3.8, 4) is 11.5 Å². The predicted octanol–water partition coefficient (Wildman–Crippen LogP) is 1.91. The average molecular weight is 314 g/mol. The van der Waals surface area contributed by atoms with Crippen molar-refractivity contribution in [2.24, 2.45) is 5.92 Å². The lowest BCUT2D eigenvalue weighted by atomic mass is 10.1. The van der Waals surface area contributed by atoms with Gasteiger partial charge in [0.15, 0.2) is 11.5 Å². The third kappa shape index (κ3) is 2.62. The molecule has 1 aromatic carbocycles. The topological polar surface area (TPSA) is 78.3 Å². The van der Waals surface area contributed by atoms with Gasteiger partial charge in [0.25, 0.3) is 5.91 Å². The average Bonchev–Trinajstić information content (AvgIpc) is 3.12. The Morgan fingerprint density at radius 2 is 2.22 bits per heavy atom. The standard InChI is InChI=1S/C16H18N4O3/c1-2-20-15(17-8-18-20)14(10-3-4-10)19-16(21)11-5-6-12-13(7-11)23-9-22-12/h5-8,10,14H,2-4,9H2,1H3,(H,19,21). The Labute approximate surface area is 133 Å². The maximum Gasteiger partial charge on any atom is 0.252 e. The molecule has 2 aromatic rings. The van der Waals surface area contributed by atoms with Crippen molar-refractivity contribution in [1.29, 1.82) is 0 Å². The minimum atomic E-state index is -0.133. The number of nitrogens with zero attached hydrogens (tertiary/aromatic N) is 3. The lowest BCUT2D eigenvalue weighted by Gasteiger charge is -2.18. The van der Waals surface area contributed by atoms with E-state index in [2.05, 4.69) is 15.4 Å². The fourth-order valence-corrected chi connectivity index (χ4v) is 2.84. The molecule has 1 fully saturated rings. The highest BCUT2D eigenvalue weighted by Crippen LogP contribution is 2.40. The van der Waals surface area contributed by atoms with Crippen molar-refractivity contribution in [3.63, 3.8) is 0 Å². The zero-order valence-corrected chi connectivity index (χ0v) is 12.9. The molecule has 1 aliphatic heterocycles. The summed E-state index contributed by atoms with van der Waals surface area (Å²) >= 11 is 0. The van der Waals surface area contributed by atoms with Crippen molar-refractivity contribution < 1.29 is 14.3 Å². The fourth-order valence-electron chi connectivity index (χ4n) is 2.84. The van der Waals surface area contributed by atoms with Gasteiger partial charge in [-0.15, -0.1) is 0 Å². The Morgan fingerprint density at radius 3 is 3.00 bits per heavy atom. The predicted molar refractivity (Wildman–Crippen MR) is 81.2 cm³/mol. The summed E-state index contributed by atoms with van der Waals surface area (Å²) < 4.78 is 12.4. The molecule has 0 bridgehead atoms. The van der Waals surface area contributed by atoms with Crippen LogP contribution in [0.3, 0.4) is 0 Å². The third-order valence-corrected chi connectivity index (χ3v) is 4.24. The molecule has 1 atom stereocenters. The van der Waals surface area contributed by atoms with Crippen LogP contribution in [0.2, 0.25) is 0 Å². The number of carbonyl (C=O) groups is 1. The summed E-state index contributed by atoms with van der Waals surface area (Å²) in [5.41, 5.74) is 0.558. The van der Waals surface area contributed by atoms with Crippen molar-refractivity contribution in [2.45, 2.75) is 32.4 Å². The highest BCUT2D eigenvalue weighted by atomic mass is 16.7. The molecule has 1 amide bonds. The smallest absolute Gasteiger partial charge is 0.252 e.